The van der Waals surface area contributed by atoms with Gasteiger partial charge in [0.25, 0.3) is 5.91 Å². The molecule has 118 valence electrons. The van der Waals surface area contributed by atoms with Crippen molar-refractivity contribution in [1.29, 1.82) is 0 Å². The summed E-state index contributed by atoms with van der Waals surface area (Å²) in [6.45, 7) is 0. The summed E-state index contributed by atoms with van der Waals surface area (Å²) < 4.78 is 30.7. The molecule has 0 radical (unpaired) electrons. The fourth-order valence-corrected chi connectivity index (χ4v) is 1.77. The first-order valence-electron chi connectivity index (χ1n) is 6.64. The number of ether oxygens (including phenoxy) is 1. The molecule has 0 aliphatic carbocycles. The lowest BCUT2D eigenvalue weighted by Crippen LogP contribution is -2.24. The molecule has 0 heterocycles. The van der Waals surface area contributed by atoms with Crippen LogP contribution in [0.15, 0.2) is 60.7 Å². The Hall–Kier alpha value is -3.02. The minimum Gasteiger partial charge on any atom is -0.423 e. The zero-order valence-electron chi connectivity index (χ0n) is 12.2. The van der Waals surface area contributed by atoms with Crippen LogP contribution in [-0.2, 0) is 9.59 Å². The molecule has 0 spiro atoms. The van der Waals surface area contributed by atoms with Crippen molar-refractivity contribution in [3.05, 3.63) is 72.3 Å². The lowest BCUT2D eigenvalue weighted by molar-refractivity contribution is -0.129. The molecule has 0 atom stereocenters. The Kier molecular flexibility index (Phi) is 5.19. The lowest BCUT2D eigenvalue weighted by atomic mass is 10.3. The minimum absolute atomic E-state index is 0.277. The van der Waals surface area contributed by atoms with Gasteiger partial charge in [0.15, 0.2) is 0 Å². The Morgan fingerprint density at radius 3 is 2.22 bits per heavy atom. The van der Waals surface area contributed by atoms with Crippen molar-refractivity contribution in [3.63, 3.8) is 0 Å². The van der Waals surface area contributed by atoms with E-state index in [1.165, 1.54) is 4.90 Å². The molecule has 0 aliphatic rings. The number of likely N-dealkylation sites (N-methyl/N-ethyl adjacent to an activating group) is 1. The number of anilines is 1. The van der Waals surface area contributed by atoms with E-state index in [-0.39, 0.29) is 5.75 Å². The van der Waals surface area contributed by atoms with Crippen molar-refractivity contribution in [1.82, 2.24) is 0 Å². The summed E-state index contributed by atoms with van der Waals surface area (Å²) in [6, 6.07) is 11.2. The Morgan fingerprint density at radius 2 is 1.61 bits per heavy atom. The Labute approximate surface area is 131 Å². The van der Waals surface area contributed by atoms with Crippen molar-refractivity contribution < 1.29 is 23.1 Å². The molecule has 1 amide bonds. The fraction of sp³-hybridized carbons (Fsp3) is 0.0588. The van der Waals surface area contributed by atoms with E-state index in [0.29, 0.717) is 11.8 Å². The Morgan fingerprint density at radius 1 is 1.00 bits per heavy atom. The molecule has 0 aliphatic heterocycles. The van der Waals surface area contributed by atoms with Crippen LogP contribution >= 0.6 is 0 Å². The van der Waals surface area contributed by atoms with Gasteiger partial charge in [-0.25, -0.2) is 13.6 Å². The van der Waals surface area contributed by atoms with E-state index in [1.807, 2.05) is 6.07 Å². The molecule has 0 aromatic heterocycles. The first-order valence-corrected chi connectivity index (χ1v) is 6.64. The molecule has 2 aromatic rings. The number of hydrogen-bond donors (Lipinski definition) is 0. The van der Waals surface area contributed by atoms with Crippen LogP contribution in [0, 0.1) is 11.6 Å². The van der Waals surface area contributed by atoms with Gasteiger partial charge >= 0.3 is 5.97 Å². The average Bonchev–Trinajstić information content (AvgIpc) is 2.51. The Balaban J connectivity index is 1.99. The number of halogens is 2. The van der Waals surface area contributed by atoms with E-state index >= 15 is 0 Å². The molecule has 0 saturated carbocycles. The van der Waals surface area contributed by atoms with Crippen LogP contribution in [0.5, 0.6) is 5.75 Å². The normalized spacial score (nSPS) is 10.6. The molecule has 6 heteroatoms. The lowest BCUT2D eigenvalue weighted by Gasteiger charge is -2.14. The van der Waals surface area contributed by atoms with Gasteiger partial charge in [-0.05, 0) is 12.1 Å². The van der Waals surface area contributed by atoms with Gasteiger partial charge in [-0.2, -0.15) is 0 Å². The fourth-order valence-electron chi connectivity index (χ4n) is 1.77. The maximum atomic E-state index is 13.0. The summed E-state index contributed by atoms with van der Waals surface area (Å²) in [5, 5.41) is 0. The van der Waals surface area contributed by atoms with Crippen molar-refractivity contribution in [3.8, 4) is 5.75 Å². The molecular weight excluding hydrogens is 304 g/mol. The van der Waals surface area contributed by atoms with Gasteiger partial charge in [-0.1, -0.05) is 18.2 Å². The summed E-state index contributed by atoms with van der Waals surface area (Å²) in [7, 11) is 1.55. The van der Waals surface area contributed by atoms with Gasteiger partial charge in [0, 0.05) is 43.1 Å². The zero-order chi connectivity index (χ0) is 16.8. The number of carbonyl (C=O) groups is 2. The molecule has 0 fully saturated rings. The quantitative estimate of drug-likeness (QED) is 0.494. The molecular formula is C17H13F2NO3. The molecule has 23 heavy (non-hydrogen) atoms. The van der Waals surface area contributed by atoms with Gasteiger partial charge < -0.3 is 9.64 Å². The van der Waals surface area contributed by atoms with E-state index in [1.54, 1.807) is 31.3 Å². The predicted molar refractivity (Wildman–Crippen MR) is 81.0 cm³/mol. The van der Waals surface area contributed by atoms with Crippen molar-refractivity contribution in [2.45, 2.75) is 0 Å². The third-order valence-electron chi connectivity index (χ3n) is 2.89. The smallest absolute Gasteiger partial charge is 0.336 e. The van der Waals surface area contributed by atoms with Crippen LogP contribution in [0.25, 0.3) is 0 Å². The van der Waals surface area contributed by atoms with Crippen molar-refractivity contribution in [2.24, 2.45) is 0 Å². The van der Waals surface area contributed by atoms with Crippen LogP contribution in [0.3, 0.4) is 0 Å². The SMILES string of the molecule is CN(C(=O)/C=C/C(=O)Oc1cc(F)cc(F)c1)c1ccccc1. The molecule has 2 aromatic carbocycles. The van der Waals surface area contributed by atoms with E-state index < -0.39 is 23.5 Å². The summed E-state index contributed by atoms with van der Waals surface area (Å²) in [4.78, 5) is 24.8. The maximum absolute atomic E-state index is 13.0. The van der Waals surface area contributed by atoms with Crippen molar-refractivity contribution >= 4 is 17.6 Å². The third kappa shape index (κ3) is 4.74. The number of esters is 1. The number of amides is 1. The van der Waals surface area contributed by atoms with E-state index in [9.17, 15) is 18.4 Å². The zero-order valence-corrected chi connectivity index (χ0v) is 12.2. The largest absolute Gasteiger partial charge is 0.423 e. The highest BCUT2D eigenvalue weighted by atomic mass is 19.1. The molecule has 2 rings (SSSR count). The second-order valence-electron chi connectivity index (χ2n) is 4.59. The van der Waals surface area contributed by atoms with Gasteiger partial charge in [0.2, 0.25) is 0 Å². The monoisotopic (exact) mass is 317 g/mol. The number of hydrogen-bond acceptors (Lipinski definition) is 3. The summed E-state index contributed by atoms with van der Waals surface area (Å²) in [5.74, 6) is -3.36. The standard InChI is InChI=1S/C17H13F2NO3/c1-20(14-5-3-2-4-6-14)16(21)7-8-17(22)23-15-10-12(18)9-13(19)11-15/h2-11H,1H3/b8-7+. The highest BCUT2D eigenvalue weighted by Crippen LogP contribution is 2.16. The second-order valence-corrected chi connectivity index (χ2v) is 4.59. The van der Waals surface area contributed by atoms with Gasteiger partial charge in [-0.3, -0.25) is 4.79 Å². The number of nitrogens with zero attached hydrogens (tertiary/aromatic N) is 1. The van der Waals surface area contributed by atoms with Gasteiger partial charge in [0.1, 0.15) is 17.4 Å². The van der Waals surface area contributed by atoms with Crippen LogP contribution in [-0.4, -0.2) is 18.9 Å². The topological polar surface area (TPSA) is 46.6 Å². The first kappa shape index (κ1) is 16.4. The molecule has 0 bridgehead atoms. The first-order chi connectivity index (χ1) is 11.0. The van der Waals surface area contributed by atoms with E-state index in [4.69, 9.17) is 4.74 Å². The highest BCUT2D eigenvalue weighted by Gasteiger charge is 2.09. The highest BCUT2D eigenvalue weighted by molar-refractivity contribution is 6.04. The van der Waals surface area contributed by atoms with E-state index in [0.717, 1.165) is 24.3 Å². The van der Waals surface area contributed by atoms with Crippen LogP contribution in [0.4, 0.5) is 14.5 Å². The number of para-hydroxylation sites is 1. The van der Waals surface area contributed by atoms with Crippen LogP contribution in [0.2, 0.25) is 0 Å². The third-order valence-corrected chi connectivity index (χ3v) is 2.89. The average molecular weight is 317 g/mol. The summed E-state index contributed by atoms with van der Waals surface area (Å²) in [5.41, 5.74) is 0.655. The van der Waals surface area contributed by atoms with E-state index in [2.05, 4.69) is 0 Å². The molecule has 0 unspecified atom stereocenters. The molecule has 0 N–H and O–H groups in total. The number of benzene rings is 2. The van der Waals surface area contributed by atoms with Gasteiger partial charge in [-0.15, -0.1) is 0 Å². The number of carbonyl (C=O) groups excluding carboxylic acids is 2. The van der Waals surface area contributed by atoms with Crippen LogP contribution in [0.1, 0.15) is 0 Å². The minimum atomic E-state index is -0.912. The maximum Gasteiger partial charge on any atom is 0.336 e. The van der Waals surface area contributed by atoms with Gasteiger partial charge in [0.05, 0.1) is 0 Å². The second kappa shape index (κ2) is 7.31. The van der Waals surface area contributed by atoms with Crippen LogP contribution < -0.4 is 9.64 Å². The predicted octanol–water partition coefficient (Wildman–Crippen LogP) is 3.09. The summed E-state index contributed by atoms with van der Waals surface area (Å²) >= 11 is 0. The van der Waals surface area contributed by atoms with Crippen molar-refractivity contribution in [2.75, 3.05) is 11.9 Å². The molecule has 4 nitrogen and oxygen atoms in total. The molecule has 0 saturated heterocycles. The summed E-state index contributed by atoms with van der Waals surface area (Å²) in [6.07, 6.45) is 1.91. The Bertz CT molecular complexity index is 725. The number of rotatable bonds is 4.